The Morgan fingerprint density at radius 1 is 1.00 bits per heavy atom. The Morgan fingerprint density at radius 2 is 1.63 bits per heavy atom. The number of halogens is 1. The van der Waals surface area contributed by atoms with E-state index in [1.54, 1.807) is 6.92 Å². The number of rotatable bonds is 4. The van der Waals surface area contributed by atoms with Crippen molar-refractivity contribution in [3.05, 3.63) is 64.0 Å². The van der Waals surface area contributed by atoms with Gasteiger partial charge in [0.25, 0.3) is 5.91 Å². The quantitative estimate of drug-likeness (QED) is 0.404. The number of esters is 1. The SMILES string of the molecule is CCOC(=O)c1c(NC(=O)c2sc3ccccc3c2Cl)sc2ccccc12. The number of carbonyl (C=O) groups excluding carboxylic acids is 2. The van der Waals surface area contributed by atoms with Gasteiger partial charge in [0.05, 0.1) is 11.6 Å². The predicted molar refractivity (Wildman–Crippen MR) is 113 cm³/mol. The number of ether oxygens (including phenoxy) is 1. The molecule has 0 radical (unpaired) electrons. The number of thiophene rings is 2. The van der Waals surface area contributed by atoms with Crippen LogP contribution in [0.25, 0.3) is 20.2 Å². The van der Waals surface area contributed by atoms with Gasteiger partial charge in [0, 0.05) is 20.2 Å². The highest BCUT2D eigenvalue weighted by Crippen LogP contribution is 2.39. The molecule has 2 aromatic carbocycles. The first-order valence-corrected chi connectivity index (χ1v) is 10.3. The van der Waals surface area contributed by atoms with Crippen LogP contribution in [0.2, 0.25) is 5.02 Å². The van der Waals surface area contributed by atoms with Crippen molar-refractivity contribution in [2.24, 2.45) is 0 Å². The van der Waals surface area contributed by atoms with E-state index in [1.165, 1.54) is 22.7 Å². The fourth-order valence-electron chi connectivity index (χ4n) is 2.86. The molecule has 0 aliphatic heterocycles. The molecule has 4 aromatic rings. The van der Waals surface area contributed by atoms with E-state index in [4.69, 9.17) is 16.3 Å². The Morgan fingerprint density at radius 3 is 2.30 bits per heavy atom. The molecule has 2 heterocycles. The van der Waals surface area contributed by atoms with Crippen LogP contribution in [-0.2, 0) is 4.74 Å². The van der Waals surface area contributed by atoms with E-state index in [0.717, 1.165) is 20.2 Å². The first-order chi connectivity index (χ1) is 13.1. The van der Waals surface area contributed by atoms with Gasteiger partial charge in [-0.2, -0.15) is 0 Å². The Kier molecular flexibility index (Phi) is 4.86. The van der Waals surface area contributed by atoms with E-state index in [2.05, 4.69) is 5.32 Å². The van der Waals surface area contributed by atoms with Crippen LogP contribution in [0.3, 0.4) is 0 Å². The molecule has 1 amide bonds. The molecule has 0 bridgehead atoms. The van der Waals surface area contributed by atoms with E-state index < -0.39 is 5.97 Å². The van der Waals surface area contributed by atoms with Gasteiger partial charge < -0.3 is 10.1 Å². The molecular formula is C20H14ClNO3S2. The Hall–Kier alpha value is -2.41. The maximum atomic E-state index is 12.9. The molecule has 0 unspecified atom stereocenters. The standard InChI is InChI=1S/C20H14ClNO3S2/c1-2-25-20(24)15-11-7-3-5-9-13(11)27-19(15)22-18(23)17-16(21)12-8-4-6-10-14(12)26-17/h3-10H,2H2,1H3,(H,22,23). The van der Waals surface area contributed by atoms with Crippen molar-refractivity contribution in [3.63, 3.8) is 0 Å². The van der Waals surface area contributed by atoms with Crippen LogP contribution in [0.1, 0.15) is 27.0 Å². The zero-order chi connectivity index (χ0) is 19.0. The van der Waals surface area contributed by atoms with Crippen molar-refractivity contribution in [2.45, 2.75) is 6.92 Å². The number of nitrogens with one attached hydrogen (secondary N) is 1. The minimum atomic E-state index is -0.451. The summed E-state index contributed by atoms with van der Waals surface area (Å²) in [6, 6.07) is 15.1. The van der Waals surface area contributed by atoms with Gasteiger partial charge in [-0.15, -0.1) is 22.7 Å². The van der Waals surface area contributed by atoms with Crippen molar-refractivity contribution in [1.82, 2.24) is 0 Å². The molecule has 136 valence electrons. The molecule has 7 heteroatoms. The molecule has 0 aliphatic carbocycles. The summed E-state index contributed by atoms with van der Waals surface area (Å²) >= 11 is 9.08. The normalized spacial score (nSPS) is 11.0. The summed E-state index contributed by atoms with van der Waals surface area (Å²) in [4.78, 5) is 25.8. The molecule has 4 rings (SSSR count). The lowest BCUT2D eigenvalue weighted by atomic mass is 10.1. The lowest BCUT2D eigenvalue weighted by Crippen LogP contribution is -2.13. The summed E-state index contributed by atoms with van der Waals surface area (Å²) in [5.41, 5.74) is 0.378. The van der Waals surface area contributed by atoms with E-state index >= 15 is 0 Å². The Balaban J connectivity index is 1.76. The monoisotopic (exact) mass is 415 g/mol. The second-order valence-corrected chi connectivity index (χ2v) is 8.20. The van der Waals surface area contributed by atoms with Gasteiger partial charge in [-0.3, -0.25) is 4.79 Å². The van der Waals surface area contributed by atoms with Crippen LogP contribution < -0.4 is 5.32 Å². The Labute approximate surface area is 168 Å². The van der Waals surface area contributed by atoms with Crippen molar-refractivity contribution in [2.75, 3.05) is 11.9 Å². The molecule has 27 heavy (non-hydrogen) atoms. The highest BCUT2D eigenvalue weighted by atomic mass is 35.5. The average Bonchev–Trinajstić information content (AvgIpc) is 3.20. The molecule has 2 aromatic heterocycles. The number of hydrogen-bond acceptors (Lipinski definition) is 5. The van der Waals surface area contributed by atoms with E-state index in [9.17, 15) is 9.59 Å². The van der Waals surface area contributed by atoms with Gasteiger partial charge in [-0.1, -0.05) is 48.0 Å². The minimum absolute atomic E-state index is 0.262. The van der Waals surface area contributed by atoms with Crippen molar-refractivity contribution in [3.8, 4) is 0 Å². The van der Waals surface area contributed by atoms with Crippen molar-refractivity contribution < 1.29 is 14.3 Å². The van der Waals surface area contributed by atoms with Crippen LogP contribution in [0.5, 0.6) is 0 Å². The van der Waals surface area contributed by atoms with Crippen molar-refractivity contribution >= 4 is 71.3 Å². The molecule has 0 fully saturated rings. The van der Waals surface area contributed by atoms with Crippen LogP contribution in [0.15, 0.2) is 48.5 Å². The molecule has 0 spiro atoms. The topological polar surface area (TPSA) is 55.4 Å². The zero-order valence-electron chi connectivity index (χ0n) is 14.2. The second kappa shape index (κ2) is 7.31. The summed E-state index contributed by atoms with van der Waals surface area (Å²) < 4.78 is 7.03. The first-order valence-electron chi connectivity index (χ1n) is 8.27. The van der Waals surface area contributed by atoms with E-state index in [1.807, 2.05) is 48.5 Å². The Bertz CT molecular complexity index is 1180. The smallest absolute Gasteiger partial charge is 0.341 e. The maximum Gasteiger partial charge on any atom is 0.341 e. The maximum absolute atomic E-state index is 12.9. The predicted octanol–water partition coefficient (Wildman–Crippen LogP) is 6.20. The lowest BCUT2D eigenvalue weighted by Gasteiger charge is -2.06. The van der Waals surface area contributed by atoms with Crippen LogP contribution in [-0.4, -0.2) is 18.5 Å². The fourth-order valence-corrected chi connectivity index (χ4v) is 5.36. The van der Waals surface area contributed by atoms with Gasteiger partial charge in [0.2, 0.25) is 0 Å². The number of anilines is 1. The molecule has 0 aliphatic rings. The van der Waals surface area contributed by atoms with Crippen LogP contribution in [0, 0.1) is 0 Å². The number of fused-ring (bicyclic) bond motifs is 2. The molecule has 1 N–H and O–H groups in total. The highest BCUT2D eigenvalue weighted by Gasteiger charge is 2.24. The third-order valence-corrected chi connectivity index (χ3v) is 6.80. The van der Waals surface area contributed by atoms with Gasteiger partial charge in [-0.25, -0.2) is 4.79 Å². The van der Waals surface area contributed by atoms with Crippen molar-refractivity contribution in [1.29, 1.82) is 0 Å². The number of carbonyl (C=O) groups is 2. The van der Waals surface area contributed by atoms with Gasteiger partial charge >= 0.3 is 5.97 Å². The van der Waals surface area contributed by atoms with Crippen LogP contribution in [0.4, 0.5) is 5.00 Å². The summed E-state index contributed by atoms with van der Waals surface area (Å²) in [5, 5.41) is 5.36. The minimum Gasteiger partial charge on any atom is -0.462 e. The van der Waals surface area contributed by atoms with E-state index in [-0.39, 0.29) is 12.5 Å². The molecular weight excluding hydrogens is 402 g/mol. The number of amides is 1. The lowest BCUT2D eigenvalue weighted by molar-refractivity contribution is 0.0530. The van der Waals surface area contributed by atoms with Crippen LogP contribution >= 0.6 is 34.3 Å². The largest absolute Gasteiger partial charge is 0.462 e. The number of benzene rings is 2. The summed E-state index contributed by atoms with van der Waals surface area (Å²) in [6.45, 7) is 2.01. The summed E-state index contributed by atoms with van der Waals surface area (Å²) in [7, 11) is 0. The van der Waals surface area contributed by atoms with Gasteiger partial charge in [0.1, 0.15) is 15.4 Å². The third-order valence-electron chi connectivity index (χ3n) is 4.04. The fraction of sp³-hybridized carbons (Fsp3) is 0.100. The summed E-state index contributed by atoms with van der Waals surface area (Å²) in [5.74, 6) is -0.786. The van der Waals surface area contributed by atoms with Gasteiger partial charge in [0.15, 0.2) is 0 Å². The molecule has 0 saturated heterocycles. The zero-order valence-corrected chi connectivity index (χ0v) is 16.6. The first kappa shape index (κ1) is 18.0. The molecule has 4 nitrogen and oxygen atoms in total. The molecule has 0 atom stereocenters. The third kappa shape index (κ3) is 3.20. The van der Waals surface area contributed by atoms with E-state index in [0.29, 0.717) is 20.5 Å². The van der Waals surface area contributed by atoms with Gasteiger partial charge in [-0.05, 0) is 19.1 Å². The number of hydrogen-bond donors (Lipinski definition) is 1. The molecule has 0 saturated carbocycles. The average molecular weight is 416 g/mol. The second-order valence-electron chi connectivity index (χ2n) is 5.72. The summed E-state index contributed by atoms with van der Waals surface area (Å²) in [6.07, 6.45) is 0. The highest BCUT2D eigenvalue weighted by molar-refractivity contribution is 7.24.